The number of likely N-dealkylation sites (tertiary alicyclic amines) is 1. The lowest BCUT2D eigenvalue weighted by Crippen LogP contribution is -2.50. The fourth-order valence-electron chi connectivity index (χ4n) is 2.48. The van der Waals surface area contributed by atoms with E-state index < -0.39 is 0 Å². The van der Waals surface area contributed by atoms with E-state index in [1.165, 1.54) is 13.0 Å². The minimum Gasteiger partial charge on any atom is -0.352 e. The topological polar surface area (TPSA) is 44.4 Å². The Balaban J connectivity index is 1.68. The largest absolute Gasteiger partial charge is 0.352 e. The van der Waals surface area contributed by atoms with Gasteiger partial charge in [0.1, 0.15) is 0 Å². The van der Waals surface area contributed by atoms with Crippen LogP contribution in [-0.2, 0) is 4.79 Å². The third kappa shape index (κ3) is 3.86. The summed E-state index contributed by atoms with van der Waals surface area (Å²) < 4.78 is 0. The summed E-state index contributed by atoms with van der Waals surface area (Å²) in [4.78, 5) is 14.4. The number of carbonyl (C=O) groups excluding carboxylic acids is 1. The second-order valence-electron chi connectivity index (χ2n) is 4.90. The summed E-state index contributed by atoms with van der Waals surface area (Å²) in [5, 5.41) is 6.40. The zero-order valence-corrected chi connectivity index (χ0v) is 11.4. The average Bonchev–Trinajstić information content (AvgIpc) is 2.86. The monoisotopic (exact) mass is 257 g/mol. The number of carbonyl (C=O) groups is 1. The van der Waals surface area contributed by atoms with Crippen LogP contribution in [0.3, 0.4) is 0 Å². The van der Waals surface area contributed by atoms with Gasteiger partial charge >= 0.3 is 0 Å². The van der Waals surface area contributed by atoms with Crippen LogP contribution in [0, 0.1) is 0 Å². The molecule has 4 nitrogen and oxygen atoms in total. The van der Waals surface area contributed by atoms with Gasteiger partial charge in [0, 0.05) is 30.8 Å². The zero-order chi connectivity index (χ0) is 12.1. The average molecular weight is 257 g/mol. The van der Waals surface area contributed by atoms with Crippen LogP contribution >= 0.6 is 11.8 Å². The molecule has 98 valence electrons. The Labute approximate surface area is 108 Å². The van der Waals surface area contributed by atoms with Crippen LogP contribution in [0.25, 0.3) is 0 Å². The van der Waals surface area contributed by atoms with Gasteiger partial charge in [0.15, 0.2) is 0 Å². The zero-order valence-electron chi connectivity index (χ0n) is 10.6. The van der Waals surface area contributed by atoms with Crippen molar-refractivity contribution in [1.29, 1.82) is 0 Å². The molecule has 0 aromatic rings. The highest BCUT2D eigenvalue weighted by Gasteiger charge is 2.26. The Bertz CT molecular complexity index is 248. The summed E-state index contributed by atoms with van der Waals surface area (Å²) in [5.74, 6) is 2.03. The van der Waals surface area contributed by atoms with Crippen molar-refractivity contribution in [2.45, 2.75) is 38.3 Å². The van der Waals surface area contributed by atoms with Gasteiger partial charge in [0.25, 0.3) is 0 Å². The van der Waals surface area contributed by atoms with Gasteiger partial charge in [-0.25, -0.2) is 0 Å². The highest BCUT2D eigenvalue weighted by atomic mass is 32.2. The molecule has 0 aliphatic carbocycles. The van der Waals surface area contributed by atoms with Crippen molar-refractivity contribution in [3.63, 3.8) is 0 Å². The molecule has 5 heteroatoms. The fraction of sp³-hybridized carbons (Fsp3) is 0.917. The number of rotatable bonds is 4. The predicted molar refractivity (Wildman–Crippen MR) is 72.1 cm³/mol. The first-order valence-corrected chi connectivity index (χ1v) is 7.79. The van der Waals surface area contributed by atoms with Crippen molar-refractivity contribution in [3.8, 4) is 0 Å². The van der Waals surface area contributed by atoms with Crippen LogP contribution in [0.1, 0.15) is 26.2 Å². The van der Waals surface area contributed by atoms with Crippen LogP contribution in [0.2, 0.25) is 0 Å². The van der Waals surface area contributed by atoms with Gasteiger partial charge in [-0.05, 0) is 25.8 Å². The van der Waals surface area contributed by atoms with Crippen molar-refractivity contribution in [2.75, 3.05) is 31.3 Å². The lowest BCUT2D eigenvalue weighted by Gasteiger charge is -2.32. The third-order valence-electron chi connectivity index (χ3n) is 3.51. The number of nitrogens with zero attached hydrogens (tertiary/aromatic N) is 1. The molecule has 2 aliphatic heterocycles. The molecule has 2 heterocycles. The lowest BCUT2D eigenvalue weighted by molar-refractivity contribution is -0.123. The second kappa shape index (κ2) is 6.61. The highest BCUT2D eigenvalue weighted by Crippen LogP contribution is 2.13. The van der Waals surface area contributed by atoms with Crippen LogP contribution in [0.15, 0.2) is 0 Å². The molecule has 2 aliphatic rings. The molecule has 0 aromatic heterocycles. The number of amides is 1. The molecule has 2 rings (SSSR count). The Morgan fingerprint density at radius 1 is 1.47 bits per heavy atom. The number of thioether (sulfide) groups is 1. The van der Waals surface area contributed by atoms with Crippen molar-refractivity contribution in [2.24, 2.45) is 0 Å². The molecule has 0 spiro atoms. The van der Waals surface area contributed by atoms with Crippen molar-refractivity contribution >= 4 is 17.7 Å². The first-order valence-electron chi connectivity index (χ1n) is 6.63. The molecule has 0 aromatic carbocycles. The normalized spacial score (nSPS) is 27.2. The Morgan fingerprint density at radius 2 is 2.24 bits per heavy atom. The maximum absolute atomic E-state index is 11.9. The van der Waals surface area contributed by atoms with Crippen LogP contribution in [0.5, 0.6) is 0 Å². The number of hydrogen-bond acceptors (Lipinski definition) is 4. The summed E-state index contributed by atoms with van der Waals surface area (Å²) in [5.41, 5.74) is 0. The molecule has 1 atom stereocenters. The van der Waals surface area contributed by atoms with E-state index >= 15 is 0 Å². The second-order valence-corrected chi connectivity index (χ2v) is 5.93. The Morgan fingerprint density at radius 3 is 2.82 bits per heavy atom. The molecule has 0 radical (unpaired) electrons. The van der Waals surface area contributed by atoms with E-state index in [4.69, 9.17) is 0 Å². The van der Waals surface area contributed by atoms with Crippen LogP contribution in [-0.4, -0.2) is 54.2 Å². The number of piperidine rings is 1. The van der Waals surface area contributed by atoms with Gasteiger partial charge in [-0.2, -0.15) is 0 Å². The molecule has 1 amide bonds. The molecule has 0 saturated carbocycles. The van der Waals surface area contributed by atoms with Gasteiger partial charge in [-0.15, -0.1) is 11.8 Å². The van der Waals surface area contributed by atoms with Crippen molar-refractivity contribution < 1.29 is 4.79 Å². The number of nitrogens with one attached hydrogen (secondary N) is 2. The first kappa shape index (κ1) is 13.2. The third-order valence-corrected chi connectivity index (χ3v) is 4.45. The molecule has 2 fully saturated rings. The minimum absolute atomic E-state index is 0.0358. The molecule has 1 unspecified atom stereocenters. The van der Waals surface area contributed by atoms with Gasteiger partial charge in [-0.1, -0.05) is 6.92 Å². The maximum atomic E-state index is 11.9. The summed E-state index contributed by atoms with van der Waals surface area (Å²) in [7, 11) is 0. The minimum atomic E-state index is 0.0358. The van der Waals surface area contributed by atoms with E-state index in [0.717, 1.165) is 37.6 Å². The summed E-state index contributed by atoms with van der Waals surface area (Å²) in [6.45, 7) is 5.68. The van der Waals surface area contributed by atoms with E-state index in [9.17, 15) is 4.79 Å². The molecule has 0 bridgehead atoms. The first-order chi connectivity index (χ1) is 8.29. The van der Waals surface area contributed by atoms with Gasteiger partial charge in [0.2, 0.25) is 5.91 Å². The smallest absolute Gasteiger partial charge is 0.238 e. The maximum Gasteiger partial charge on any atom is 0.238 e. The van der Waals surface area contributed by atoms with Crippen LogP contribution < -0.4 is 10.6 Å². The predicted octanol–water partition coefficient (Wildman–Crippen LogP) is 0.640. The lowest BCUT2D eigenvalue weighted by atomic mass is 10.0. The quantitative estimate of drug-likeness (QED) is 0.776. The van der Waals surface area contributed by atoms with Crippen LogP contribution in [0.4, 0.5) is 0 Å². The van der Waals surface area contributed by atoms with E-state index in [1.807, 2.05) is 0 Å². The number of hydrogen-bond donors (Lipinski definition) is 2. The van der Waals surface area contributed by atoms with E-state index in [0.29, 0.717) is 6.04 Å². The van der Waals surface area contributed by atoms with E-state index in [2.05, 4.69) is 22.5 Å². The summed E-state index contributed by atoms with van der Waals surface area (Å²) in [6.07, 6.45) is 3.43. The van der Waals surface area contributed by atoms with Gasteiger partial charge in [-0.3, -0.25) is 10.1 Å². The van der Waals surface area contributed by atoms with Crippen molar-refractivity contribution in [3.05, 3.63) is 0 Å². The molecular weight excluding hydrogens is 234 g/mol. The fourth-order valence-corrected chi connectivity index (χ4v) is 3.42. The Kier molecular flexibility index (Phi) is 5.13. The highest BCUT2D eigenvalue weighted by molar-refractivity contribution is 7.99. The van der Waals surface area contributed by atoms with E-state index in [-0.39, 0.29) is 11.9 Å². The summed E-state index contributed by atoms with van der Waals surface area (Å²) in [6, 6.07) is 0.427. The summed E-state index contributed by atoms with van der Waals surface area (Å²) >= 11 is 1.80. The molecule has 2 N–H and O–H groups in total. The molecular formula is C12H23N3OS. The Hall–Kier alpha value is -0.260. The standard InChI is InChI=1S/C12H23N3OS/c1-2-5-15-6-3-10(4-7-15)14-12(16)11-8-17-9-13-11/h10-11,13H,2-9H2,1H3,(H,14,16). The SMILES string of the molecule is CCCN1CCC(NC(=O)C2CSCN2)CC1. The van der Waals surface area contributed by atoms with Gasteiger partial charge < -0.3 is 10.2 Å². The van der Waals surface area contributed by atoms with E-state index in [1.54, 1.807) is 11.8 Å². The molecule has 2 saturated heterocycles. The molecule has 17 heavy (non-hydrogen) atoms. The van der Waals surface area contributed by atoms with Gasteiger partial charge in [0.05, 0.1) is 6.04 Å². The van der Waals surface area contributed by atoms with Crippen molar-refractivity contribution in [1.82, 2.24) is 15.5 Å².